The van der Waals surface area contributed by atoms with E-state index in [1.165, 1.54) is 11.8 Å². The summed E-state index contributed by atoms with van der Waals surface area (Å²) in [5.74, 6) is 0.743. The number of hydrogen-bond acceptors (Lipinski definition) is 5. The average molecular weight is 363 g/mol. The molecule has 0 aliphatic rings. The number of thioether (sulfide) groups is 1. The van der Waals surface area contributed by atoms with E-state index < -0.39 is 0 Å². The molecule has 0 bridgehead atoms. The van der Waals surface area contributed by atoms with Crippen LogP contribution in [0.1, 0.15) is 11.1 Å². The molecule has 1 N–H and O–H groups in total. The lowest BCUT2D eigenvalue weighted by Gasteiger charge is -2.08. The summed E-state index contributed by atoms with van der Waals surface area (Å²) in [5.41, 5.74) is 3.09. The van der Waals surface area contributed by atoms with Gasteiger partial charge in [-0.1, -0.05) is 23.9 Å². The summed E-state index contributed by atoms with van der Waals surface area (Å²) >= 11 is 1.26. The maximum Gasteiger partial charge on any atom is 0.234 e. The Morgan fingerprint density at radius 2 is 2.00 bits per heavy atom. The quantitative estimate of drug-likeness (QED) is 0.689. The Morgan fingerprint density at radius 3 is 2.69 bits per heavy atom. The zero-order valence-corrected chi connectivity index (χ0v) is 15.3. The fraction of sp³-hybridized carbons (Fsp3) is 0.150. The van der Waals surface area contributed by atoms with Crippen molar-refractivity contribution in [2.45, 2.75) is 11.9 Å². The van der Waals surface area contributed by atoms with Gasteiger partial charge in [-0.2, -0.15) is 5.26 Å². The van der Waals surface area contributed by atoms with Crippen LogP contribution >= 0.6 is 11.8 Å². The van der Waals surface area contributed by atoms with Crippen molar-refractivity contribution >= 4 is 34.3 Å². The second kappa shape index (κ2) is 7.89. The predicted molar refractivity (Wildman–Crippen MR) is 104 cm³/mol. The average Bonchev–Trinajstić information content (AvgIpc) is 2.66. The molecule has 1 heterocycles. The number of aryl methyl sites for hydroxylation is 1. The topological polar surface area (TPSA) is 75.0 Å². The van der Waals surface area contributed by atoms with Crippen molar-refractivity contribution in [2.75, 3.05) is 18.2 Å². The van der Waals surface area contributed by atoms with Crippen LogP contribution in [0.3, 0.4) is 0 Å². The molecule has 26 heavy (non-hydrogen) atoms. The molecule has 3 rings (SSSR count). The largest absolute Gasteiger partial charge is 0.497 e. The third kappa shape index (κ3) is 4.13. The normalized spacial score (nSPS) is 10.3. The highest BCUT2D eigenvalue weighted by Crippen LogP contribution is 2.25. The number of methoxy groups -OCH3 is 1. The van der Waals surface area contributed by atoms with E-state index in [-0.39, 0.29) is 11.7 Å². The van der Waals surface area contributed by atoms with Crippen molar-refractivity contribution in [1.29, 1.82) is 5.26 Å². The summed E-state index contributed by atoms with van der Waals surface area (Å²) in [6, 6.07) is 17.0. The molecular weight excluding hydrogens is 346 g/mol. The zero-order valence-electron chi connectivity index (χ0n) is 14.4. The van der Waals surface area contributed by atoms with E-state index >= 15 is 0 Å². The van der Waals surface area contributed by atoms with Gasteiger partial charge in [-0.3, -0.25) is 4.79 Å². The molecule has 2 aromatic carbocycles. The van der Waals surface area contributed by atoms with Crippen molar-refractivity contribution in [3.05, 3.63) is 59.7 Å². The summed E-state index contributed by atoms with van der Waals surface area (Å²) in [6.07, 6.45) is 0. The molecule has 3 aromatic rings. The number of benzene rings is 2. The predicted octanol–water partition coefficient (Wildman–Crippen LogP) is 4.15. The number of hydrogen-bond donors (Lipinski definition) is 1. The fourth-order valence-corrected chi connectivity index (χ4v) is 3.22. The Kier molecular flexibility index (Phi) is 5.40. The number of nitrogens with zero attached hydrogens (tertiary/aromatic N) is 2. The molecule has 0 saturated carbocycles. The Labute approximate surface area is 156 Å². The van der Waals surface area contributed by atoms with Crippen molar-refractivity contribution < 1.29 is 9.53 Å². The van der Waals surface area contributed by atoms with Crippen LogP contribution in [0.5, 0.6) is 5.75 Å². The third-order valence-electron chi connectivity index (χ3n) is 3.77. The van der Waals surface area contributed by atoms with Gasteiger partial charge in [0, 0.05) is 11.1 Å². The lowest BCUT2D eigenvalue weighted by atomic mass is 10.1. The van der Waals surface area contributed by atoms with Crippen LogP contribution in [-0.2, 0) is 4.79 Å². The first-order valence-electron chi connectivity index (χ1n) is 7.97. The SMILES string of the molecule is COc1ccc(NC(=O)CSc2nc3cc(C)ccc3cc2C#N)cc1. The molecule has 130 valence electrons. The number of fused-ring (bicyclic) bond motifs is 1. The van der Waals surface area contributed by atoms with Crippen LogP contribution in [0.15, 0.2) is 53.6 Å². The molecule has 6 heteroatoms. The highest BCUT2D eigenvalue weighted by Gasteiger charge is 2.11. The number of carbonyl (C=O) groups excluding carboxylic acids is 1. The van der Waals surface area contributed by atoms with Crippen molar-refractivity contribution in [1.82, 2.24) is 4.98 Å². The second-order valence-electron chi connectivity index (χ2n) is 5.71. The van der Waals surface area contributed by atoms with E-state index in [2.05, 4.69) is 16.4 Å². The van der Waals surface area contributed by atoms with Gasteiger partial charge in [0.25, 0.3) is 0 Å². The minimum absolute atomic E-state index is 0.157. The van der Waals surface area contributed by atoms with Crippen molar-refractivity contribution in [3.63, 3.8) is 0 Å². The molecular formula is C20H17N3O2S. The van der Waals surface area contributed by atoms with Gasteiger partial charge in [-0.25, -0.2) is 4.98 Å². The summed E-state index contributed by atoms with van der Waals surface area (Å²) in [4.78, 5) is 16.7. The van der Waals surface area contributed by atoms with Gasteiger partial charge >= 0.3 is 0 Å². The molecule has 0 atom stereocenters. The van der Waals surface area contributed by atoms with Crippen LogP contribution in [0.25, 0.3) is 10.9 Å². The molecule has 0 fully saturated rings. The zero-order chi connectivity index (χ0) is 18.5. The van der Waals surface area contributed by atoms with Crippen LogP contribution in [0, 0.1) is 18.3 Å². The number of nitrogens with one attached hydrogen (secondary N) is 1. The minimum atomic E-state index is -0.157. The number of ether oxygens (including phenoxy) is 1. The summed E-state index contributed by atoms with van der Waals surface area (Å²) < 4.78 is 5.09. The van der Waals surface area contributed by atoms with E-state index in [9.17, 15) is 10.1 Å². The van der Waals surface area contributed by atoms with E-state index in [0.29, 0.717) is 16.3 Å². The fourth-order valence-electron chi connectivity index (χ4n) is 2.45. The molecule has 0 spiro atoms. The second-order valence-corrected chi connectivity index (χ2v) is 6.68. The van der Waals surface area contributed by atoms with Crippen LogP contribution in [0.4, 0.5) is 5.69 Å². The van der Waals surface area contributed by atoms with Gasteiger partial charge in [0.15, 0.2) is 0 Å². The Hall–Kier alpha value is -3.04. The van der Waals surface area contributed by atoms with E-state index in [1.54, 1.807) is 31.4 Å². The van der Waals surface area contributed by atoms with Crippen LogP contribution in [0.2, 0.25) is 0 Å². The number of carbonyl (C=O) groups is 1. The maximum atomic E-state index is 12.2. The van der Waals surface area contributed by atoms with Crippen molar-refractivity contribution in [3.8, 4) is 11.8 Å². The monoisotopic (exact) mass is 363 g/mol. The summed E-state index contributed by atoms with van der Waals surface area (Å²) in [6.45, 7) is 1.99. The molecule has 0 aliphatic carbocycles. The molecule has 0 radical (unpaired) electrons. The van der Waals surface area contributed by atoms with Gasteiger partial charge in [-0.15, -0.1) is 0 Å². The number of nitriles is 1. The number of pyridine rings is 1. The number of anilines is 1. The Balaban J connectivity index is 1.71. The molecule has 0 saturated heterocycles. The first kappa shape index (κ1) is 17.8. The molecule has 1 amide bonds. The highest BCUT2D eigenvalue weighted by molar-refractivity contribution is 8.00. The lowest BCUT2D eigenvalue weighted by molar-refractivity contribution is -0.113. The van der Waals surface area contributed by atoms with Crippen LogP contribution < -0.4 is 10.1 Å². The summed E-state index contributed by atoms with van der Waals surface area (Å²) in [5, 5.41) is 13.7. The van der Waals surface area contributed by atoms with Gasteiger partial charge in [0.1, 0.15) is 16.8 Å². The van der Waals surface area contributed by atoms with Crippen LogP contribution in [-0.4, -0.2) is 23.8 Å². The first-order chi connectivity index (χ1) is 12.6. The van der Waals surface area contributed by atoms with E-state index in [4.69, 9.17) is 4.74 Å². The van der Waals surface area contributed by atoms with E-state index in [1.807, 2.05) is 31.2 Å². The van der Waals surface area contributed by atoms with Gasteiger partial charge in [0.2, 0.25) is 5.91 Å². The summed E-state index contributed by atoms with van der Waals surface area (Å²) in [7, 11) is 1.59. The van der Waals surface area contributed by atoms with Gasteiger partial charge in [0.05, 0.1) is 23.9 Å². The highest BCUT2D eigenvalue weighted by atomic mass is 32.2. The van der Waals surface area contributed by atoms with Gasteiger partial charge < -0.3 is 10.1 Å². The Morgan fingerprint density at radius 1 is 1.23 bits per heavy atom. The molecule has 0 aliphatic heterocycles. The van der Waals surface area contributed by atoms with Gasteiger partial charge in [-0.05, 0) is 48.9 Å². The molecule has 5 nitrogen and oxygen atoms in total. The molecule has 1 aromatic heterocycles. The molecule has 0 unspecified atom stereocenters. The first-order valence-corrected chi connectivity index (χ1v) is 8.96. The maximum absolute atomic E-state index is 12.2. The van der Waals surface area contributed by atoms with Crippen molar-refractivity contribution in [2.24, 2.45) is 0 Å². The van der Waals surface area contributed by atoms with E-state index in [0.717, 1.165) is 22.2 Å². The number of aromatic nitrogens is 1. The number of amides is 1. The smallest absolute Gasteiger partial charge is 0.234 e. The standard InChI is InChI=1S/C20H17N3O2S/c1-13-3-4-14-10-15(11-21)20(23-18(14)9-13)26-12-19(24)22-16-5-7-17(25-2)8-6-16/h3-10H,12H2,1-2H3,(H,22,24). The number of rotatable bonds is 5. The lowest BCUT2D eigenvalue weighted by Crippen LogP contribution is -2.14. The minimum Gasteiger partial charge on any atom is -0.497 e. The Bertz CT molecular complexity index is 994. The third-order valence-corrected chi connectivity index (χ3v) is 4.76.